The number of likely N-dealkylation sites (tertiary alicyclic amines) is 2. The summed E-state index contributed by atoms with van der Waals surface area (Å²) >= 11 is 0. The van der Waals surface area contributed by atoms with Gasteiger partial charge >= 0.3 is 0 Å². The van der Waals surface area contributed by atoms with Crippen LogP contribution in [0, 0.1) is 0 Å². The van der Waals surface area contributed by atoms with Gasteiger partial charge in [0, 0.05) is 18.7 Å². The standard InChI is InChI=1S/C19H30N2O2/c1-22-18-6-5-7-19(16-18)23-15-14-20-12-8-17(9-13-20)21-10-3-2-4-11-21/h5-7,16-17H,2-4,8-15H2,1H3. The molecular formula is C19H30N2O2. The quantitative estimate of drug-likeness (QED) is 0.805. The Morgan fingerprint density at radius 2 is 1.74 bits per heavy atom. The van der Waals surface area contributed by atoms with Gasteiger partial charge in [0.2, 0.25) is 0 Å². The minimum absolute atomic E-state index is 0.752. The van der Waals surface area contributed by atoms with Crippen LogP contribution in [0.3, 0.4) is 0 Å². The molecule has 2 saturated heterocycles. The summed E-state index contributed by atoms with van der Waals surface area (Å²) in [6.07, 6.45) is 6.86. The normalized spacial score (nSPS) is 21.3. The van der Waals surface area contributed by atoms with Gasteiger partial charge in [-0.2, -0.15) is 0 Å². The van der Waals surface area contributed by atoms with Crippen LogP contribution in [0.25, 0.3) is 0 Å². The highest BCUT2D eigenvalue weighted by Crippen LogP contribution is 2.21. The average Bonchev–Trinajstić information content (AvgIpc) is 2.63. The lowest BCUT2D eigenvalue weighted by atomic mass is 10.00. The summed E-state index contributed by atoms with van der Waals surface area (Å²) in [6, 6.07) is 8.68. The van der Waals surface area contributed by atoms with Crippen LogP contribution in [-0.4, -0.2) is 62.3 Å². The molecule has 0 atom stereocenters. The number of rotatable bonds is 6. The van der Waals surface area contributed by atoms with E-state index in [-0.39, 0.29) is 0 Å². The Kier molecular flexibility index (Phi) is 6.17. The summed E-state index contributed by atoms with van der Waals surface area (Å²) in [6.45, 7) is 6.84. The van der Waals surface area contributed by atoms with E-state index in [9.17, 15) is 0 Å². The van der Waals surface area contributed by atoms with E-state index in [1.54, 1.807) is 7.11 Å². The first-order valence-electron chi connectivity index (χ1n) is 9.08. The second-order valence-electron chi connectivity index (χ2n) is 6.70. The fourth-order valence-electron chi connectivity index (χ4n) is 3.78. The molecular weight excluding hydrogens is 288 g/mol. The van der Waals surface area contributed by atoms with Gasteiger partial charge in [-0.3, -0.25) is 4.90 Å². The van der Waals surface area contributed by atoms with Gasteiger partial charge in [-0.25, -0.2) is 0 Å². The minimum atomic E-state index is 0.752. The molecule has 128 valence electrons. The van der Waals surface area contributed by atoms with Crippen LogP contribution < -0.4 is 9.47 Å². The zero-order valence-electron chi connectivity index (χ0n) is 14.4. The molecule has 0 spiro atoms. The first-order valence-corrected chi connectivity index (χ1v) is 9.08. The highest BCUT2D eigenvalue weighted by molar-refractivity contribution is 5.32. The molecule has 4 heteroatoms. The lowest BCUT2D eigenvalue weighted by Gasteiger charge is -2.40. The Morgan fingerprint density at radius 1 is 1.00 bits per heavy atom. The second kappa shape index (κ2) is 8.55. The predicted molar refractivity (Wildman–Crippen MR) is 93.4 cm³/mol. The van der Waals surface area contributed by atoms with Gasteiger partial charge < -0.3 is 14.4 Å². The molecule has 3 rings (SSSR count). The number of methoxy groups -OCH3 is 1. The van der Waals surface area contributed by atoms with Crippen LogP contribution >= 0.6 is 0 Å². The van der Waals surface area contributed by atoms with E-state index in [1.165, 1.54) is 58.3 Å². The van der Waals surface area contributed by atoms with E-state index in [0.29, 0.717) is 0 Å². The number of hydrogen-bond acceptors (Lipinski definition) is 4. The molecule has 4 nitrogen and oxygen atoms in total. The molecule has 0 bridgehead atoms. The minimum Gasteiger partial charge on any atom is -0.497 e. The third-order valence-electron chi connectivity index (χ3n) is 5.18. The summed E-state index contributed by atoms with van der Waals surface area (Å²) < 4.78 is 11.1. The maximum absolute atomic E-state index is 5.86. The number of ether oxygens (including phenoxy) is 2. The third kappa shape index (κ3) is 4.85. The molecule has 0 amide bonds. The van der Waals surface area contributed by atoms with Crippen molar-refractivity contribution in [1.29, 1.82) is 0 Å². The molecule has 2 fully saturated rings. The van der Waals surface area contributed by atoms with Crippen LogP contribution in [0.2, 0.25) is 0 Å². The second-order valence-corrected chi connectivity index (χ2v) is 6.70. The highest BCUT2D eigenvalue weighted by atomic mass is 16.5. The molecule has 2 aliphatic heterocycles. The summed E-state index contributed by atoms with van der Waals surface area (Å²) in [5.74, 6) is 1.75. The third-order valence-corrected chi connectivity index (χ3v) is 5.18. The number of piperidine rings is 2. The molecule has 0 unspecified atom stereocenters. The fourth-order valence-corrected chi connectivity index (χ4v) is 3.78. The maximum Gasteiger partial charge on any atom is 0.123 e. The number of nitrogens with zero attached hydrogens (tertiary/aromatic N) is 2. The van der Waals surface area contributed by atoms with Crippen molar-refractivity contribution in [2.45, 2.75) is 38.1 Å². The maximum atomic E-state index is 5.86. The van der Waals surface area contributed by atoms with E-state index in [2.05, 4.69) is 9.80 Å². The molecule has 2 heterocycles. The van der Waals surface area contributed by atoms with Crippen molar-refractivity contribution >= 4 is 0 Å². The molecule has 23 heavy (non-hydrogen) atoms. The smallest absolute Gasteiger partial charge is 0.123 e. The van der Waals surface area contributed by atoms with Crippen molar-refractivity contribution in [2.24, 2.45) is 0 Å². The van der Waals surface area contributed by atoms with Crippen molar-refractivity contribution < 1.29 is 9.47 Å². The SMILES string of the molecule is COc1cccc(OCCN2CCC(N3CCCCC3)CC2)c1. The molecule has 0 radical (unpaired) electrons. The lowest BCUT2D eigenvalue weighted by Crippen LogP contribution is -2.47. The fraction of sp³-hybridized carbons (Fsp3) is 0.684. The van der Waals surface area contributed by atoms with E-state index in [4.69, 9.17) is 9.47 Å². The Balaban J connectivity index is 1.35. The van der Waals surface area contributed by atoms with Gasteiger partial charge in [-0.15, -0.1) is 0 Å². The van der Waals surface area contributed by atoms with Crippen molar-refractivity contribution in [3.63, 3.8) is 0 Å². The van der Waals surface area contributed by atoms with Crippen molar-refractivity contribution in [3.05, 3.63) is 24.3 Å². The molecule has 0 saturated carbocycles. The summed E-state index contributed by atoms with van der Waals surface area (Å²) in [4.78, 5) is 5.27. The number of hydrogen-bond donors (Lipinski definition) is 0. The van der Waals surface area contributed by atoms with E-state index < -0.39 is 0 Å². The van der Waals surface area contributed by atoms with Crippen LogP contribution in [0.4, 0.5) is 0 Å². The van der Waals surface area contributed by atoms with E-state index in [0.717, 1.165) is 30.7 Å². The highest BCUT2D eigenvalue weighted by Gasteiger charge is 2.25. The van der Waals surface area contributed by atoms with Gasteiger partial charge in [0.25, 0.3) is 0 Å². The first kappa shape index (κ1) is 16.6. The molecule has 1 aromatic carbocycles. The van der Waals surface area contributed by atoms with E-state index >= 15 is 0 Å². The summed E-state index contributed by atoms with van der Waals surface area (Å²) in [5.41, 5.74) is 0. The zero-order valence-corrected chi connectivity index (χ0v) is 14.4. The van der Waals surface area contributed by atoms with Crippen LogP contribution in [-0.2, 0) is 0 Å². The largest absolute Gasteiger partial charge is 0.497 e. The van der Waals surface area contributed by atoms with E-state index in [1.807, 2.05) is 24.3 Å². The Labute approximate surface area is 140 Å². The van der Waals surface area contributed by atoms with Crippen molar-refractivity contribution in [2.75, 3.05) is 46.4 Å². The lowest BCUT2D eigenvalue weighted by molar-refractivity contribution is 0.0858. The predicted octanol–water partition coefficient (Wildman–Crippen LogP) is 3.02. The molecule has 1 aromatic rings. The van der Waals surface area contributed by atoms with Crippen LogP contribution in [0.5, 0.6) is 11.5 Å². The summed E-state index contributed by atoms with van der Waals surface area (Å²) in [5, 5.41) is 0. The summed E-state index contributed by atoms with van der Waals surface area (Å²) in [7, 11) is 1.69. The molecule has 0 aliphatic carbocycles. The number of benzene rings is 1. The van der Waals surface area contributed by atoms with Gasteiger partial charge in [0.15, 0.2) is 0 Å². The van der Waals surface area contributed by atoms with Gasteiger partial charge in [-0.1, -0.05) is 12.5 Å². The Bertz CT molecular complexity index is 466. The van der Waals surface area contributed by atoms with Crippen molar-refractivity contribution in [1.82, 2.24) is 9.80 Å². The first-order chi connectivity index (χ1) is 11.3. The Morgan fingerprint density at radius 3 is 2.48 bits per heavy atom. The zero-order chi connectivity index (χ0) is 15.9. The monoisotopic (exact) mass is 318 g/mol. The molecule has 0 N–H and O–H groups in total. The van der Waals surface area contributed by atoms with Gasteiger partial charge in [0.1, 0.15) is 18.1 Å². The van der Waals surface area contributed by atoms with Gasteiger partial charge in [-0.05, 0) is 64.0 Å². The van der Waals surface area contributed by atoms with Gasteiger partial charge in [0.05, 0.1) is 7.11 Å². The Hall–Kier alpha value is -1.26. The van der Waals surface area contributed by atoms with Crippen molar-refractivity contribution in [3.8, 4) is 11.5 Å². The van der Waals surface area contributed by atoms with Crippen LogP contribution in [0.15, 0.2) is 24.3 Å². The molecule has 0 aromatic heterocycles. The average molecular weight is 318 g/mol. The molecule has 2 aliphatic rings. The topological polar surface area (TPSA) is 24.9 Å². The van der Waals surface area contributed by atoms with Crippen LogP contribution in [0.1, 0.15) is 32.1 Å².